The van der Waals surface area contributed by atoms with Gasteiger partial charge in [-0.15, -0.1) is 20.4 Å². The average molecular weight is 740 g/mol. The van der Waals surface area contributed by atoms with Crippen molar-refractivity contribution in [3.63, 3.8) is 0 Å². The first-order valence-corrected chi connectivity index (χ1v) is 17.4. The Morgan fingerprint density at radius 3 is 2.22 bits per heavy atom. The third kappa shape index (κ3) is 7.56. The SMILES string of the molecule is O=C(CCN1C(=O)NC2(CCC(c3ccc(-c4nnc(NC(=O)c5cccc(Nc6ncccn6)c5)[nH]4)nc3)CC2)C1=O)Nc1nnc(-c2ccccn2)[nH]1. The van der Waals surface area contributed by atoms with E-state index in [2.05, 4.69) is 71.6 Å². The zero-order chi connectivity index (χ0) is 37.8. The van der Waals surface area contributed by atoms with Crippen LogP contribution in [0.2, 0.25) is 0 Å². The van der Waals surface area contributed by atoms with Crippen molar-refractivity contribution < 1.29 is 19.2 Å². The maximum absolute atomic E-state index is 13.5. The van der Waals surface area contributed by atoms with E-state index >= 15 is 0 Å². The molecule has 1 saturated heterocycles. The molecule has 0 radical (unpaired) electrons. The van der Waals surface area contributed by atoms with Gasteiger partial charge in [-0.3, -0.25) is 39.9 Å². The number of benzene rings is 1. The fraction of sp³-hybridized carbons (Fsp3) is 0.222. The number of imide groups is 1. The zero-order valence-electron chi connectivity index (χ0n) is 29.1. The van der Waals surface area contributed by atoms with Crippen molar-refractivity contribution in [1.29, 1.82) is 0 Å². The number of rotatable bonds is 11. The molecule has 276 valence electrons. The fourth-order valence-corrected chi connectivity index (χ4v) is 6.64. The van der Waals surface area contributed by atoms with E-state index in [0.717, 1.165) is 10.5 Å². The predicted octanol–water partition coefficient (Wildman–Crippen LogP) is 3.81. The Morgan fingerprint density at radius 2 is 1.51 bits per heavy atom. The van der Waals surface area contributed by atoms with Crippen LogP contribution in [0.4, 0.5) is 28.3 Å². The largest absolute Gasteiger partial charge is 0.325 e. The lowest BCUT2D eigenvalue weighted by Crippen LogP contribution is -2.49. The van der Waals surface area contributed by atoms with Gasteiger partial charge in [0.1, 0.15) is 16.9 Å². The van der Waals surface area contributed by atoms with Gasteiger partial charge in [0, 0.05) is 49.0 Å². The summed E-state index contributed by atoms with van der Waals surface area (Å²) in [7, 11) is 0. The number of aromatic amines is 2. The summed E-state index contributed by atoms with van der Waals surface area (Å²) in [5.74, 6) is 0.475. The smallest absolute Gasteiger partial charge is 0.324 e. The summed E-state index contributed by atoms with van der Waals surface area (Å²) in [4.78, 5) is 76.0. The first-order chi connectivity index (χ1) is 26.8. The summed E-state index contributed by atoms with van der Waals surface area (Å²) in [6.45, 7) is -0.0728. The third-order valence-electron chi connectivity index (χ3n) is 9.47. The molecule has 0 atom stereocenters. The van der Waals surface area contributed by atoms with Gasteiger partial charge in [-0.2, -0.15) is 0 Å². The van der Waals surface area contributed by atoms with Crippen LogP contribution in [0.1, 0.15) is 53.9 Å². The maximum Gasteiger partial charge on any atom is 0.325 e. The highest BCUT2D eigenvalue weighted by molar-refractivity contribution is 6.07. The number of aromatic nitrogens is 10. The van der Waals surface area contributed by atoms with Gasteiger partial charge in [0.05, 0.1) is 0 Å². The number of nitrogens with zero attached hydrogens (tertiary/aromatic N) is 9. The molecule has 8 rings (SSSR count). The summed E-state index contributed by atoms with van der Waals surface area (Å²) < 4.78 is 0. The topological polar surface area (TPSA) is 254 Å². The molecule has 1 aliphatic carbocycles. The molecule has 5 amide bonds. The fourth-order valence-electron chi connectivity index (χ4n) is 6.64. The Hall–Kier alpha value is -7.44. The van der Waals surface area contributed by atoms with Gasteiger partial charge in [0.15, 0.2) is 11.6 Å². The van der Waals surface area contributed by atoms with Crippen molar-refractivity contribution in [3.05, 3.63) is 96.6 Å². The highest BCUT2D eigenvalue weighted by Gasteiger charge is 2.52. The van der Waals surface area contributed by atoms with Crippen LogP contribution < -0.4 is 21.3 Å². The molecule has 19 nitrogen and oxygen atoms in total. The summed E-state index contributed by atoms with van der Waals surface area (Å²) in [5, 5.41) is 27.4. The van der Waals surface area contributed by atoms with E-state index in [0.29, 0.717) is 65.9 Å². The maximum atomic E-state index is 13.5. The molecular formula is C36H33N15O4. The van der Waals surface area contributed by atoms with Gasteiger partial charge in [-0.25, -0.2) is 14.8 Å². The van der Waals surface area contributed by atoms with E-state index in [9.17, 15) is 19.2 Å². The van der Waals surface area contributed by atoms with Crippen molar-refractivity contribution in [2.45, 2.75) is 43.6 Å². The number of hydrogen-bond acceptors (Lipinski definition) is 13. The first-order valence-electron chi connectivity index (χ1n) is 17.4. The van der Waals surface area contributed by atoms with Gasteiger partial charge in [-0.1, -0.05) is 18.2 Å². The van der Waals surface area contributed by atoms with E-state index in [4.69, 9.17) is 0 Å². The molecule has 1 saturated carbocycles. The second-order valence-electron chi connectivity index (χ2n) is 13.0. The normalized spacial score (nSPS) is 17.9. The van der Waals surface area contributed by atoms with Crippen molar-refractivity contribution in [3.8, 4) is 23.0 Å². The zero-order valence-corrected chi connectivity index (χ0v) is 29.1. The number of H-pyrrole nitrogens is 2. The molecule has 55 heavy (non-hydrogen) atoms. The van der Waals surface area contributed by atoms with E-state index < -0.39 is 17.5 Å². The Bertz CT molecular complexity index is 2340. The van der Waals surface area contributed by atoms with Crippen LogP contribution >= 0.6 is 0 Å². The van der Waals surface area contributed by atoms with E-state index in [1.54, 1.807) is 73.3 Å². The molecule has 2 fully saturated rings. The number of urea groups is 1. The van der Waals surface area contributed by atoms with Crippen LogP contribution in [0.3, 0.4) is 0 Å². The van der Waals surface area contributed by atoms with Crippen LogP contribution in [0.5, 0.6) is 0 Å². The first kappa shape index (κ1) is 34.6. The van der Waals surface area contributed by atoms with Gasteiger partial charge in [0.25, 0.3) is 11.8 Å². The van der Waals surface area contributed by atoms with Crippen LogP contribution in [0, 0.1) is 0 Å². The Labute approximate surface area is 312 Å². The number of hydrogen-bond donors (Lipinski definition) is 6. The number of carbonyl (C=O) groups excluding carboxylic acids is 4. The second kappa shape index (κ2) is 14.9. The van der Waals surface area contributed by atoms with Gasteiger partial charge >= 0.3 is 6.03 Å². The molecular weight excluding hydrogens is 706 g/mol. The van der Waals surface area contributed by atoms with E-state index in [-0.39, 0.29) is 42.6 Å². The minimum absolute atomic E-state index is 0.0728. The third-order valence-corrected chi connectivity index (χ3v) is 9.47. The second-order valence-corrected chi connectivity index (χ2v) is 13.0. The number of anilines is 4. The molecule has 1 aromatic carbocycles. The molecule has 19 heteroatoms. The minimum atomic E-state index is -1.01. The molecule has 0 unspecified atom stereocenters. The number of carbonyl (C=O) groups is 4. The Balaban J connectivity index is 0.819. The van der Waals surface area contributed by atoms with Gasteiger partial charge in [0.2, 0.25) is 23.8 Å². The lowest BCUT2D eigenvalue weighted by molar-refractivity contribution is -0.132. The summed E-state index contributed by atoms with van der Waals surface area (Å²) in [6, 6.07) is 17.2. The molecule has 5 aromatic heterocycles. The van der Waals surface area contributed by atoms with E-state index in [1.165, 1.54) is 0 Å². The quantitative estimate of drug-likeness (QED) is 0.104. The van der Waals surface area contributed by atoms with Crippen molar-refractivity contribution >= 4 is 47.3 Å². The highest BCUT2D eigenvalue weighted by atomic mass is 16.2. The van der Waals surface area contributed by atoms with Crippen molar-refractivity contribution in [2.75, 3.05) is 22.5 Å². The van der Waals surface area contributed by atoms with Crippen LogP contribution in [-0.4, -0.2) is 91.0 Å². The monoisotopic (exact) mass is 739 g/mol. The molecule has 6 heterocycles. The highest BCUT2D eigenvalue weighted by Crippen LogP contribution is 2.41. The van der Waals surface area contributed by atoms with Gasteiger partial charge < -0.3 is 20.6 Å². The lowest BCUT2D eigenvalue weighted by Gasteiger charge is -2.35. The Morgan fingerprint density at radius 1 is 0.782 bits per heavy atom. The van der Waals surface area contributed by atoms with Crippen LogP contribution in [-0.2, 0) is 9.59 Å². The van der Waals surface area contributed by atoms with Gasteiger partial charge in [-0.05, 0) is 79.6 Å². The average Bonchev–Trinajstić information content (AvgIpc) is 3.94. The van der Waals surface area contributed by atoms with Crippen LogP contribution in [0.25, 0.3) is 23.0 Å². The molecule has 0 bridgehead atoms. The van der Waals surface area contributed by atoms with Crippen molar-refractivity contribution in [2.24, 2.45) is 0 Å². The molecule has 1 spiro atoms. The molecule has 6 aromatic rings. The Kier molecular flexibility index (Phi) is 9.38. The van der Waals surface area contributed by atoms with E-state index in [1.807, 2.05) is 12.1 Å². The lowest BCUT2D eigenvalue weighted by atomic mass is 9.74. The standard InChI is InChI=1S/C36H33N15O4/c52-27(42-33-43-28(47-49-33)25-7-1-2-15-37-25)12-18-51-31(54)36(46-35(51)55)13-10-21(11-14-36)23-8-9-26(40-20-23)29-44-34(50-48-29)45-30(53)22-5-3-6-24(19-22)41-32-38-16-4-17-39-32/h1-9,15-17,19-21H,10-14,18H2,(H,46,55)(H,38,39,41)(H2,42,43,47,49,52)(H2,44,45,48,50,53). The van der Waals surface area contributed by atoms with Crippen molar-refractivity contribution in [1.82, 2.24) is 60.5 Å². The number of amides is 5. The summed E-state index contributed by atoms with van der Waals surface area (Å²) in [5.41, 5.74) is 2.13. The predicted molar refractivity (Wildman–Crippen MR) is 196 cm³/mol. The molecule has 6 N–H and O–H groups in total. The molecule has 1 aliphatic heterocycles. The van der Waals surface area contributed by atoms with Crippen LogP contribution in [0.15, 0.2) is 85.5 Å². The summed E-state index contributed by atoms with van der Waals surface area (Å²) >= 11 is 0. The molecule has 2 aliphatic rings. The summed E-state index contributed by atoms with van der Waals surface area (Å²) in [6.07, 6.45) is 8.72. The number of nitrogens with one attached hydrogen (secondary N) is 6. The minimum Gasteiger partial charge on any atom is -0.324 e. The number of pyridine rings is 2.